The monoisotopic (exact) mass is 337 g/mol. The van der Waals surface area contributed by atoms with Crippen LogP contribution in [0.2, 0.25) is 0 Å². The van der Waals surface area contributed by atoms with Crippen LogP contribution in [0.3, 0.4) is 0 Å². The number of amides is 2. The van der Waals surface area contributed by atoms with Crippen LogP contribution in [0.4, 0.5) is 0 Å². The predicted octanol–water partition coefficient (Wildman–Crippen LogP) is 1.92. The molecule has 2 aliphatic rings. The molecule has 0 saturated carbocycles. The fraction of sp³-hybridized carbons (Fsp3) is 0.688. The highest BCUT2D eigenvalue weighted by molar-refractivity contribution is 7.99. The smallest absolute Gasteiger partial charge is 0.229 e. The molecule has 1 aromatic heterocycles. The summed E-state index contributed by atoms with van der Waals surface area (Å²) in [5.74, 6) is 0.579. The Morgan fingerprint density at radius 3 is 2.65 bits per heavy atom. The van der Waals surface area contributed by atoms with Crippen LogP contribution < -0.4 is 0 Å². The van der Waals surface area contributed by atoms with E-state index in [0.29, 0.717) is 25.1 Å². The average molecular weight is 337 g/mol. The van der Waals surface area contributed by atoms with Crippen LogP contribution in [-0.2, 0) is 20.9 Å². The van der Waals surface area contributed by atoms with Crippen LogP contribution in [0.15, 0.2) is 5.16 Å². The van der Waals surface area contributed by atoms with Gasteiger partial charge in [0.25, 0.3) is 0 Å². The fourth-order valence-corrected chi connectivity index (χ4v) is 4.07. The summed E-state index contributed by atoms with van der Waals surface area (Å²) in [7, 11) is 0. The number of likely N-dealkylation sites (tertiary alicyclic amines) is 1. The van der Waals surface area contributed by atoms with Crippen molar-refractivity contribution in [3.63, 3.8) is 0 Å². The summed E-state index contributed by atoms with van der Waals surface area (Å²) in [6, 6.07) is 0. The van der Waals surface area contributed by atoms with Gasteiger partial charge in [-0.1, -0.05) is 11.8 Å². The fourth-order valence-electron chi connectivity index (χ4n) is 3.04. The molecular weight excluding hydrogens is 314 g/mol. The highest BCUT2D eigenvalue weighted by atomic mass is 32.2. The lowest BCUT2D eigenvalue weighted by Crippen LogP contribution is -2.31. The van der Waals surface area contributed by atoms with Crippen molar-refractivity contribution in [2.24, 2.45) is 0 Å². The SMILES string of the molecule is Cc1nc(SCCN2C(=O)CCC2=O)n(C[C@H]2CCCO2)c1C. The molecule has 0 aromatic carbocycles. The number of nitrogens with zero attached hydrogens (tertiary/aromatic N) is 3. The van der Waals surface area contributed by atoms with Crippen molar-refractivity contribution >= 4 is 23.6 Å². The molecule has 2 saturated heterocycles. The zero-order chi connectivity index (χ0) is 16.4. The van der Waals surface area contributed by atoms with Crippen molar-refractivity contribution in [3.05, 3.63) is 11.4 Å². The lowest BCUT2D eigenvalue weighted by atomic mass is 10.2. The van der Waals surface area contributed by atoms with Gasteiger partial charge in [0.2, 0.25) is 11.8 Å². The minimum Gasteiger partial charge on any atom is -0.376 e. The Morgan fingerprint density at radius 2 is 2.00 bits per heavy atom. The van der Waals surface area contributed by atoms with Gasteiger partial charge in [0.05, 0.1) is 18.3 Å². The van der Waals surface area contributed by atoms with E-state index in [-0.39, 0.29) is 17.9 Å². The number of hydrogen-bond donors (Lipinski definition) is 0. The molecule has 3 heterocycles. The topological polar surface area (TPSA) is 64.4 Å². The number of rotatable bonds is 6. The molecule has 0 unspecified atom stereocenters. The first-order valence-corrected chi connectivity index (χ1v) is 9.16. The molecule has 2 fully saturated rings. The summed E-state index contributed by atoms with van der Waals surface area (Å²) in [5, 5.41) is 0.953. The Kier molecular flexibility index (Phi) is 5.06. The van der Waals surface area contributed by atoms with Crippen LogP contribution in [0.25, 0.3) is 0 Å². The first kappa shape index (κ1) is 16.5. The van der Waals surface area contributed by atoms with Gasteiger partial charge in [0.15, 0.2) is 5.16 Å². The van der Waals surface area contributed by atoms with Gasteiger partial charge in [0, 0.05) is 37.4 Å². The molecule has 2 aliphatic heterocycles. The molecule has 23 heavy (non-hydrogen) atoms. The van der Waals surface area contributed by atoms with E-state index in [2.05, 4.69) is 16.5 Å². The third-order valence-electron chi connectivity index (χ3n) is 4.53. The van der Waals surface area contributed by atoms with Gasteiger partial charge in [-0.2, -0.15) is 0 Å². The van der Waals surface area contributed by atoms with E-state index >= 15 is 0 Å². The molecule has 2 amide bonds. The Hall–Kier alpha value is -1.34. The van der Waals surface area contributed by atoms with Gasteiger partial charge >= 0.3 is 0 Å². The summed E-state index contributed by atoms with van der Waals surface area (Å²) in [5.41, 5.74) is 2.19. The van der Waals surface area contributed by atoms with Gasteiger partial charge in [0.1, 0.15) is 0 Å². The number of carbonyl (C=O) groups is 2. The maximum Gasteiger partial charge on any atom is 0.229 e. The quantitative estimate of drug-likeness (QED) is 0.586. The van der Waals surface area contributed by atoms with Crippen LogP contribution in [0.5, 0.6) is 0 Å². The minimum atomic E-state index is -0.0503. The zero-order valence-corrected chi connectivity index (χ0v) is 14.5. The Morgan fingerprint density at radius 1 is 1.26 bits per heavy atom. The molecule has 1 atom stereocenters. The molecule has 7 heteroatoms. The van der Waals surface area contributed by atoms with E-state index in [1.165, 1.54) is 4.90 Å². The predicted molar refractivity (Wildman–Crippen MR) is 87.4 cm³/mol. The first-order valence-electron chi connectivity index (χ1n) is 8.17. The number of thioether (sulfide) groups is 1. The van der Waals surface area contributed by atoms with Gasteiger partial charge in [-0.15, -0.1) is 0 Å². The molecule has 126 valence electrons. The summed E-state index contributed by atoms with van der Waals surface area (Å²) in [6.45, 7) is 6.23. The Bertz CT molecular complexity index is 592. The van der Waals surface area contributed by atoms with E-state index in [1.54, 1.807) is 11.8 Å². The molecule has 1 aromatic rings. The van der Waals surface area contributed by atoms with Gasteiger partial charge in [-0.3, -0.25) is 14.5 Å². The lowest BCUT2D eigenvalue weighted by Gasteiger charge is -2.16. The van der Waals surface area contributed by atoms with Crippen molar-refractivity contribution in [2.75, 3.05) is 18.9 Å². The van der Waals surface area contributed by atoms with Gasteiger partial charge in [-0.25, -0.2) is 4.98 Å². The third-order valence-corrected chi connectivity index (χ3v) is 5.49. The van der Waals surface area contributed by atoms with Crippen molar-refractivity contribution in [2.45, 2.75) is 57.3 Å². The second kappa shape index (κ2) is 7.05. The summed E-state index contributed by atoms with van der Waals surface area (Å²) >= 11 is 1.61. The standard InChI is InChI=1S/C16H23N3O3S/c1-11-12(2)19(10-13-4-3-8-22-13)16(17-11)23-9-7-18-14(20)5-6-15(18)21/h13H,3-10H2,1-2H3/t13-/m1/s1. The highest BCUT2D eigenvalue weighted by Crippen LogP contribution is 2.25. The molecule has 0 radical (unpaired) electrons. The third kappa shape index (κ3) is 3.61. The molecular formula is C16H23N3O3S. The number of aryl methyl sites for hydroxylation is 1. The lowest BCUT2D eigenvalue weighted by molar-refractivity contribution is -0.137. The van der Waals surface area contributed by atoms with Crippen LogP contribution in [0, 0.1) is 13.8 Å². The van der Waals surface area contributed by atoms with E-state index in [0.717, 1.165) is 42.5 Å². The van der Waals surface area contributed by atoms with E-state index in [9.17, 15) is 9.59 Å². The first-order chi connectivity index (χ1) is 11.1. The Labute approximate surface area is 140 Å². The minimum absolute atomic E-state index is 0.0503. The van der Waals surface area contributed by atoms with E-state index < -0.39 is 0 Å². The second-order valence-electron chi connectivity index (χ2n) is 6.10. The van der Waals surface area contributed by atoms with Crippen LogP contribution in [-0.4, -0.2) is 51.3 Å². The van der Waals surface area contributed by atoms with E-state index in [1.807, 2.05) is 6.92 Å². The second-order valence-corrected chi connectivity index (χ2v) is 7.16. The molecule has 0 aliphatic carbocycles. The van der Waals surface area contributed by atoms with E-state index in [4.69, 9.17) is 4.74 Å². The van der Waals surface area contributed by atoms with Crippen LogP contribution >= 0.6 is 11.8 Å². The zero-order valence-electron chi connectivity index (χ0n) is 13.7. The van der Waals surface area contributed by atoms with Crippen molar-refractivity contribution in [3.8, 4) is 0 Å². The van der Waals surface area contributed by atoms with Crippen molar-refractivity contribution in [1.82, 2.24) is 14.5 Å². The van der Waals surface area contributed by atoms with Gasteiger partial charge in [-0.05, 0) is 26.7 Å². The largest absolute Gasteiger partial charge is 0.376 e. The normalized spacial score (nSPS) is 21.7. The summed E-state index contributed by atoms with van der Waals surface area (Å²) in [6.07, 6.45) is 3.20. The van der Waals surface area contributed by atoms with Crippen molar-refractivity contribution < 1.29 is 14.3 Å². The Balaban J connectivity index is 1.61. The highest BCUT2D eigenvalue weighted by Gasteiger charge is 2.28. The number of hydrogen-bond acceptors (Lipinski definition) is 5. The average Bonchev–Trinajstić information content (AvgIpc) is 3.21. The van der Waals surface area contributed by atoms with Crippen molar-refractivity contribution in [1.29, 1.82) is 0 Å². The summed E-state index contributed by atoms with van der Waals surface area (Å²) in [4.78, 5) is 29.3. The number of imidazole rings is 1. The molecule has 0 N–H and O–H groups in total. The maximum atomic E-state index is 11.6. The number of aromatic nitrogens is 2. The maximum absolute atomic E-state index is 11.6. The van der Waals surface area contributed by atoms with Gasteiger partial charge < -0.3 is 9.30 Å². The number of imide groups is 1. The molecule has 0 spiro atoms. The molecule has 3 rings (SSSR count). The molecule has 6 nitrogen and oxygen atoms in total. The number of ether oxygens (including phenoxy) is 1. The molecule has 0 bridgehead atoms. The van der Waals surface area contributed by atoms with Crippen LogP contribution in [0.1, 0.15) is 37.1 Å². The summed E-state index contributed by atoms with van der Waals surface area (Å²) < 4.78 is 7.95. The number of carbonyl (C=O) groups excluding carboxylic acids is 2.